The topological polar surface area (TPSA) is 70.2 Å². The molecule has 1 fully saturated rings. The molecule has 1 saturated carbocycles. The Kier molecular flexibility index (Phi) is 5.58. The lowest BCUT2D eigenvalue weighted by Gasteiger charge is -2.14. The van der Waals surface area contributed by atoms with Crippen molar-refractivity contribution in [2.24, 2.45) is 0 Å². The summed E-state index contributed by atoms with van der Waals surface area (Å²) in [7, 11) is 0. The van der Waals surface area contributed by atoms with Crippen LogP contribution in [-0.4, -0.2) is 24.4 Å². The number of hydrogen-bond acceptors (Lipinski definition) is 3. The summed E-state index contributed by atoms with van der Waals surface area (Å²) in [6.45, 7) is 1.14. The van der Waals surface area contributed by atoms with Gasteiger partial charge < -0.3 is 16.0 Å². The van der Waals surface area contributed by atoms with Crippen molar-refractivity contribution in [3.05, 3.63) is 59.2 Å². The van der Waals surface area contributed by atoms with Crippen LogP contribution in [0.1, 0.15) is 34.3 Å². The maximum atomic E-state index is 13.0. The first-order valence-corrected chi connectivity index (χ1v) is 8.85. The second kappa shape index (κ2) is 7.92. The highest BCUT2D eigenvalue weighted by atomic mass is 19.4. The quantitative estimate of drug-likeness (QED) is 0.698. The van der Waals surface area contributed by atoms with Crippen molar-refractivity contribution in [3.8, 4) is 0 Å². The predicted molar refractivity (Wildman–Crippen MR) is 100 cm³/mol. The van der Waals surface area contributed by atoms with E-state index in [1.54, 1.807) is 24.3 Å². The number of hydrogen-bond donors (Lipinski definition) is 3. The first-order valence-electron chi connectivity index (χ1n) is 8.85. The molecule has 0 unspecified atom stereocenters. The summed E-state index contributed by atoms with van der Waals surface area (Å²) in [5, 5.41) is 8.16. The van der Waals surface area contributed by atoms with E-state index in [1.165, 1.54) is 19.1 Å². The highest BCUT2D eigenvalue weighted by Crippen LogP contribution is 2.33. The summed E-state index contributed by atoms with van der Waals surface area (Å²) in [5.74, 6) is -0.736. The molecule has 2 aromatic rings. The first kappa shape index (κ1) is 19.7. The van der Waals surface area contributed by atoms with E-state index in [4.69, 9.17) is 0 Å². The van der Waals surface area contributed by atoms with Crippen LogP contribution in [0.15, 0.2) is 42.5 Å². The minimum atomic E-state index is -4.46. The zero-order valence-corrected chi connectivity index (χ0v) is 15.2. The molecule has 1 aliphatic rings. The number of carbonyl (C=O) groups excluding carboxylic acids is 2. The number of aryl methyl sites for hydroxylation is 1. The maximum absolute atomic E-state index is 13.0. The molecule has 28 heavy (non-hydrogen) atoms. The van der Waals surface area contributed by atoms with Crippen LogP contribution in [0, 0.1) is 6.92 Å². The summed E-state index contributed by atoms with van der Waals surface area (Å²) in [5.41, 5.74) is 0.246. The average molecular weight is 391 g/mol. The standard InChI is InChI=1S/C20H20F3N3O2/c1-12-6-7-14(10-16(12)20(21,22)23)24-11-18(27)26-17-5-3-2-4-15(17)19(28)25-13-8-9-13/h2-7,10,13,24H,8-9,11H2,1H3,(H,25,28)(H,26,27). The van der Waals surface area contributed by atoms with Gasteiger partial charge in [-0.05, 0) is 49.6 Å². The molecule has 5 nitrogen and oxygen atoms in total. The molecular weight excluding hydrogens is 371 g/mol. The molecule has 1 aliphatic carbocycles. The van der Waals surface area contributed by atoms with Gasteiger partial charge in [0, 0.05) is 11.7 Å². The zero-order chi connectivity index (χ0) is 20.3. The minimum absolute atomic E-state index is 0.109. The van der Waals surface area contributed by atoms with Crippen molar-refractivity contribution in [3.63, 3.8) is 0 Å². The molecular formula is C20H20F3N3O2. The lowest BCUT2D eigenvalue weighted by Crippen LogP contribution is -2.28. The lowest BCUT2D eigenvalue weighted by molar-refractivity contribution is -0.138. The molecule has 3 rings (SSSR count). The SMILES string of the molecule is Cc1ccc(NCC(=O)Nc2ccccc2C(=O)NC2CC2)cc1C(F)(F)F. The van der Waals surface area contributed by atoms with Gasteiger partial charge in [-0.3, -0.25) is 9.59 Å². The van der Waals surface area contributed by atoms with Crippen LogP contribution in [0.25, 0.3) is 0 Å². The Morgan fingerprint density at radius 2 is 1.82 bits per heavy atom. The largest absolute Gasteiger partial charge is 0.416 e. The van der Waals surface area contributed by atoms with E-state index in [0.29, 0.717) is 11.3 Å². The fourth-order valence-corrected chi connectivity index (χ4v) is 2.70. The van der Waals surface area contributed by atoms with Gasteiger partial charge in [0.1, 0.15) is 0 Å². The summed E-state index contributed by atoms with van der Waals surface area (Å²) in [4.78, 5) is 24.5. The first-order chi connectivity index (χ1) is 13.2. The van der Waals surface area contributed by atoms with Gasteiger partial charge in [-0.25, -0.2) is 0 Å². The molecule has 0 aliphatic heterocycles. The third-order valence-electron chi connectivity index (χ3n) is 4.35. The Bertz CT molecular complexity index is 893. The van der Waals surface area contributed by atoms with Gasteiger partial charge >= 0.3 is 6.18 Å². The normalized spacial score (nSPS) is 13.7. The number of para-hydroxylation sites is 1. The number of rotatable bonds is 6. The molecule has 0 radical (unpaired) electrons. The monoisotopic (exact) mass is 391 g/mol. The summed E-state index contributed by atoms with van der Waals surface area (Å²) < 4.78 is 39.0. The smallest absolute Gasteiger partial charge is 0.376 e. The van der Waals surface area contributed by atoms with Crippen LogP contribution in [0.3, 0.4) is 0 Å². The third-order valence-corrected chi connectivity index (χ3v) is 4.35. The van der Waals surface area contributed by atoms with Crippen molar-refractivity contribution in [1.29, 1.82) is 0 Å². The molecule has 2 amide bonds. The van der Waals surface area contributed by atoms with E-state index in [2.05, 4.69) is 16.0 Å². The Morgan fingerprint density at radius 3 is 2.50 bits per heavy atom. The molecule has 2 aromatic carbocycles. The van der Waals surface area contributed by atoms with Crippen LogP contribution < -0.4 is 16.0 Å². The van der Waals surface area contributed by atoms with Gasteiger partial charge in [-0.1, -0.05) is 18.2 Å². The molecule has 0 bridgehead atoms. The van der Waals surface area contributed by atoms with Crippen molar-refractivity contribution in [1.82, 2.24) is 5.32 Å². The number of nitrogens with one attached hydrogen (secondary N) is 3. The Balaban J connectivity index is 1.63. The predicted octanol–water partition coefficient (Wildman–Crippen LogP) is 3.96. The Hall–Kier alpha value is -3.03. The molecule has 0 aromatic heterocycles. The van der Waals surface area contributed by atoms with E-state index in [1.807, 2.05) is 0 Å². The second-order valence-corrected chi connectivity index (χ2v) is 6.72. The van der Waals surface area contributed by atoms with Gasteiger partial charge in [-0.2, -0.15) is 13.2 Å². The number of anilines is 2. The van der Waals surface area contributed by atoms with Gasteiger partial charge in [0.25, 0.3) is 5.91 Å². The molecule has 0 atom stereocenters. The van der Waals surface area contributed by atoms with Crippen molar-refractivity contribution in [2.45, 2.75) is 32.0 Å². The van der Waals surface area contributed by atoms with Crippen LogP contribution in [0.5, 0.6) is 0 Å². The van der Waals surface area contributed by atoms with E-state index in [0.717, 1.165) is 18.9 Å². The number of halogens is 3. The molecule has 0 heterocycles. The van der Waals surface area contributed by atoms with E-state index < -0.39 is 17.6 Å². The molecule has 0 saturated heterocycles. The molecule has 148 valence electrons. The number of carbonyl (C=O) groups is 2. The van der Waals surface area contributed by atoms with Crippen LogP contribution in [0.2, 0.25) is 0 Å². The maximum Gasteiger partial charge on any atom is 0.416 e. The highest BCUT2D eigenvalue weighted by molar-refractivity contribution is 6.04. The van der Waals surface area contributed by atoms with Crippen molar-refractivity contribution in [2.75, 3.05) is 17.2 Å². The van der Waals surface area contributed by atoms with Crippen LogP contribution >= 0.6 is 0 Å². The van der Waals surface area contributed by atoms with Gasteiger partial charge in [0.15, 0.2) is 0 Å². The lowest BCUT2D eigenvalue weighted by atomic mass is 10.1. The van der Waals surface area contributed by atoms with Gasteiger partial charge in [0.2, 0.25) is 5.91 Å². The van der Waals surface area contributed by atoms with E-state index in [9.17, 15) is 22.8 Å². The van der Waals surface area contributed by atoms with Gasteiger partial charge in [0.05, 0.1) is 23.4 Å². The van der Waals surface area contributed by atoms with E-state index in [-0.39, 0.29) is 29.7 Å². The van der Waals surface area contributed by atoms with Crippen LogP contribution in [-0.2, 0) is 11.0 Å². The molecule has 0 spiro atoms. The third kappa shape index (κ3) is 5.03. The Morgan fingerprint density at radius 1 is 1.11 bits per heavy atom. The van der Waals surface area contributed by atoms with Crippen molar-refractivity contribution < 1.29 is 22.8 Å². The minimum Gasteiger partial charge on any atom is -0.376 e. The fraction of sp³-hybridized carbons (Fsp3) is 0.300. The van der Waals surface area contributed by atoms with Crippen molar-refractivity contribution >= 4 is 23.2 Å². The average Bonchev–Trinajstić information content (AvgIpc) is 3.44. The van der Waals surface area contributed by atoms with E-state index >= 15 is 0 Å². The zero-order valence-electron chi connectivity index (χ0n) is 15.2. The van der Waals surface area contributed by atoms with Crippen LogP contribution in [0.4, 0.5) is 24.5 Å². The fourth-order valence-electron chi connectivity index (χ4n) is 2.70. The summed E-state index contributed by atoms with van der Waals surface area (Å²) >= 11 is 0. The summed E-state index contributed by atoms with van der Waals surface area (Å²) in [6.07, 6.45) is -2.57. The second-order valence-electron chi connectivity index (χ2n) is 6.72. The number of benzene rings is 2. The number of alkyl halides is 3. The van der Waals surface area contributed by atoms with Gasteiger partial charge in [-0.15, -0.1) is 0 Å². The Labute approximate surface area is 160 Å². The molecule has 3 N–H and O–H groups in total. The summed E-state index contributed by atoms with van der Waals surface area (Å²) in [6, 6.07) is 10.6. The highest BCUT2D eigenvalue weighted by Gasteiger charge is 2.32. The molecule has 8 heteroatoms. The number of amides is 2.